The van der Waals surface area contributed by atoms with Crippen molar-refractivity contribution in [3.63, 3.8) is 0 Å². The van der Waals surface area contributed by atoms with Crippen LogP contribution in [0.15, 0.2) is 47.7 Å². The molecule has 0 radical (unpaired) electrons. The van der Waals surface area contributed by atoms with Crippen molar-refractivity contribution in [1.29, 1.82) is 0 Å². The quantitative estimate of drug-likeness (QED) is 0.0656. The van der Waals surface area contributed by atoms with Crippen molar-refractivity contribution >= 4 is 11.8 Å². The van der Waals surface area contributed by atoms with E-state index in [2.05, 4.69) is 23.6 Å². The number of hydrogen-bond acceptors (Lipinski definition) is 10. The number of ether oxygens (including phenoxy) is 4. The zero-order valence-electron chi connectivity index (χ0n) is 32.2. The summed E-state index contributed by atoms with van der Waals surface area (Å²) in [5.41, 5.74) is 2.30. The number of aliphatic hydroxyl groups is 2. The highest BCUT2D eigenvalue weighted by Crippen LogP contribution is 2.62. The Kier molecular flexibility index (Phi) is 14.1. The predicted octanol–water partition coefficient (Wildman–Crippen LogP) is 6.68. The molecule has 0 spiro atoms. The molecule has 11 heteroatoms. The number of oxime groups is 1. The van der Waals surface area contributed by atoms with Gasteiger partial charge in [0.25, 0.3) is 0 Å². The summed E-state index contributed by atoms with van der Waals surface area (Å²) in [7, 11) is 0. The number of benzene rings is 1. The van der Waals surface area contributed by atoms with E-state index in [9.17, 15) is 15.0 Å². The van der Waals surface area contributed by atoms with Crippen molar-refractivity contribution in [1.82, 2.24) is 9.80 Å². The van der Waals surface area contributed by atoms with Crippen LogP contribution in [0, 0.1) is 17.8 Å². The number of amides is 1. The molecule has 1 aromatic carbocycles. The third kappa shape index (κ3) is 9.32. The van der Waals surface area contributed by atoms with Gasteiger partial charge in [0, 0.05) is 57.3 Å². The predicted molar refractivity (Wildman–Crippen MR) is 202 cm³/mol. The molecule has 6 unspecified atom stereocenters. The lowest BCUT2D eigenvalue weighted by Gasteiger charge is -2.60. The smallest absolute Gasteiger partial charge is 0.410 e. The van der Waals surface area contributed by atoms with Crippen LogP contribution in [-0.4, -0.2) is 108 Å². The maximum Gasteiger partial charge on any atom is 0.410 e. The van der Waals surface area contributed by atoms with E-state index in [1.54, 1.807) is 11.0 Å². The molecule has 1 amide bonds. The maximum atomic E-state index is 13.9. The highest BCUT2D eigenvalue weighted by atomic mass is 16.7. The molecule has 2 N–H and O–H groups in total. The summed E-state index contributed by atoms with van der Waals surface area (Å²) in [6.07, 6.45) is 9.65. The average molecular weight is 726 g/mol. The molecule has 4 aliphatic rings. The molecule has 5 rings (SSSR count). The first-order valence-corrected chi connectivity index (χ1v) is 19.7. The number of nitrogens with zero attached hydrogens (tertiary/aromatic N) is 3. The van der Waals surface area contributed by atoms with Gasteiger partial charge in [0.2, 0.25) is 5.79 Å². The molecule has 2 aliphatic carbocycles. The zero-order valence-corrected chi connectivity index (χ0v) is 32.2. The normalized spacial score (nSPS) is 27.2. The Labute approximate surface area is 310 Å². The number of carbonyl (C=O) groups is 1. The Balaban J connectivity index is 1.75. The van der Waals surface area contributed by atoms with Crippen LogP contribution in [0.3, 0.4) is 0 Å². The number of unbranched alkanes of at least 4 members (excludes halogenated alkanes) is 2. The summed E-state index contributed by atoms with van der Waals surface area (Å²) in [4.78, 5) is 24.2. The lowest BCUT2D eigenvalue weighted by molar-refractivity contribution is -0.255. The Morgan fingerprint density at radius 1 is 1.13 bits per heavy atom. The summed E-state index contributed by atoms with van der Waals surface area (Å²) in [5, 5.41) is 24.5. The monoisotopic (exact) mass is 725 g/mol. The van der Waals surface area contributed by atoms with Crippen LogP contribution >= 0.6 is 0 Å². The van der Waals surface area contributed by atoms with Gasteiger partial charge in [-0.15, -0.1) is 6.58 Å². The number of allylic oxidation sites excluding steroid dienone is 1. The van der Waals surface area contributed by atoms with Gasteiger partial charge in [0.05, 0.1) is 24.8 Å². The SMILES string of the molecule is C=CCOC12Oc3ccc(OCCN4CC4)cc3C3C(CCCCO)C(CCCCO)C=C(C(=NOC(C)(C)C)CC1N(CCC)C(=O)OCC)C32. The second-order valence-corrected chi connectivity index (χ2v) is 15.6. The standard InChI is InChI=1S/C41H63N3O8/c1-7-18-44(39(47)48-9-3)36-28-34(42-52-40(4,5)6)32-26-29(14-10-12-22-45)31(15-11-13-23-46)37-33-27-30(49-25-21-43-19-20-43)16-17-35(33)51-41(36,38(32)37)50-24-8-2/h8,16-17,26-27,29,31,36-38,45-46H,2,7,9-15,18-25,28H2,1,3-6H3. The summed E-state index contributed by atoms with van der Waals surface area (Å²) in [5.74, 6) is 0.0425. The van der Waals surface area contributed by atoms with E-state index in [1.165, 1.54) is 0 Å². The molecular weight excluding hydrogens is 662 g/mol. The van der Waals surface area contributed by atoms with Gasteiger partial charge in [-0.1, -0.05) is 37.1 Å². The van der Waals surface area contributed by atoms with Crippen LogP contribution in [-0.2, 0) is 14.3 Å². The Hall–Kier alpha value is -3.12. The summed E-state index contributed by atoms with van der Waals surface area (Å²) >= 11 is 0. The van der Waals surface area contributed by atoms with Crippen molar-refractivity contribution in [2.45, 2.75) is 109 Å². The molecule has 6 atom stereocenters. The van der Waals surface area contributed by atoms with Crippen molar-refractivity contribution in [2.75, 3.05) is 59.2 Å². The van der Waals surface area contributed by atoms with Gasteiger partial charge >= 0.3 is 6.09 Å². The molecule has 11 nitrogen and oxygen atoms in total. The fourth-order valence-electron chi connectivity index (χ4n) is 8.34. The van der Waals surface area contributed by atoms with E-state index in [4.69, 9.17) is 28.9 Å². The first kappa shape index (κ1) is 40.1. The molecule has 52 heavy (non-hydrogen) atoms. The Morgan fingerprint density at radius 3 is 2.54 bits per heavy atom. The fraction of sp³-hybridized carbons (Fsp3) is 0.707. The third-order valence-corrected chi connectivity index (χ3v) is 10.6. The summed E-state index contributed by atoms with van der Waals surface area (Å²) < 4.78 is 26.3. The summed E-state index contributed by atoms with van der Waals surface area (Å²) in [6.45, 7) is 18.7. The van der Waals surface area contributed by atoms with Crippen LogP contribution in [0.5, 0.6) is 11.5 Å². The fourth-order valence-corrected chi connectivity index (χ4v) is 8.34. The minimum Gasteiger partial charge on any atom is -0.492 e. The van der Waals surface area contributed by atoms with Gasteiger partial charge in [0.15, 0.2) is 0 Å². The first-order chi connectivity index (χ1) is 25.1. The van der Waals surface area contributed by atoms with Gasteiger partial charge in [-0.05, 0) is 95.4 Å². The number of hydrogen-bond donors (Lipinski definition) is 2. The van der Waals surface area contributed by atoms with E-state index in [1.807, 2.05) is 46.8 Å². The maximum absolute atomic E-state index is 13.9. The van der Waals surface area contributed by atoms with Crippen LogP contribution < -0.4 is 9.47 Å². The van der Waals surface area contributed by atoms with E-state index in [0.29, 0.717) is 38.2 Å². The van der Waals surface area contributed by atoms with Gasteiger partial charge < -0.3 is 34.0 Å². The molecule has 1 aromatic rings. The minimum absolute atomic E-state index is 0.101. The van der Waals surface area contributed by atoms with Crippen molar-refractivity contribution in [3.05, 3.63) is 48.1 Å². The van der Waals surface area contributed by atoms with E-state index >= 15 is 0 Å². The van der Waals surface area contributed by atoms with Crippen LogP contribution in [0.1, 0.15) is 97.5 Å². The van der Waals surface area contributed by atoms with Gasteiger partial charge in [-0.3, -0.25) is 9.80 Å². The van der Waals surface area contributed by atoms with Gasteiger partial charge in [-0.25, -0.2) is 4.79 Å². The highest BCUT2D eigenvalue weighted by Gasteiger charge is 2.65. The molecule has 1 saturated heterocycles. The van der Waals surface area contributed by atoms with Gasteiger partial charge in [-0.2, -0.15) is 0 Å². The Bertz CT molecular complexity index is 1400. The topological polar surface area (TPSA) is 122 Å². The van der Waals surface area contributed by atoms with Crippen molar-refractivity contribution < 1.29 is 38.8 Å². The average Bonchev–Trinajstić information content (AvgIpc) is 3.95. The largest absolute Gasteiger partial charge is 0.492 e. The van der Waals surface area contributed by atoms with E-state index < -0.39 is 23.5 Å². The third-order valence-electron chi connectivity index (χ3n) is 10.6. The molecule has 290 valence electrons. The first-order valence-electron chi connectivity index (χ1n) is 19.7. The number of aliphatic hydroxyl groups excluding tert-OH is 2. The molecule has 1 saturated carbocycles. The minimum atomic E-state index is -1.30. The van der Waals surface area contributed by atoms with Crippen LogP contribution in [0.4, 0.5) is 4.79 Å². The second-order valence-electron chi connectivity index (χ2n) is 15.6. The zero-order chi connectivity index (χ0) is 37.3. The second kappa shape index (κ2) is 18.3. The van der Waals surface area contributed by atoms with E-state index in [-0.39, 0.29) is 50.1 Å². The van der Waals surface area contributed by atoms with Crippen LogP contribution in [0.2, 0.25) is 0 Å². The lowest BCUT2D eigenvalue weighted by atomic mass is 9.55. The Morgan fingerprint density at radius 2 is 1.88 bits per heavy atom. The molecule has 0 bridgehead atoms. The number of carbonyl (C=O) groups excluding carboxylic acids is 1. The number of rotatable bonds is 20. The van der Waals surface area contributed by atoms with Gasteiger partial charge in [0.1, 0.15) is 29.7 Å². The molecule has 2 heterocycles. The highest BCUT2D eigenvalue weighted by molar-refractivity contribution is 6.03. The molecule has 2 aliphatic heterocycles. The lowest BCUT2D eigenvalue weighted by Crippen LogP contribution is -2.70. The molecule has 2 fully saturated rings. The van der Waals surface area contributed by atoms with E-state index in [0.717, 1.165) is 74.3 Å². The van der Waals surface area contributed by atoms with Crippen LogP contribution in [0.25, 0.3) is 0 Å². The number of fused-ring (bicyclic) bond motifs is 2. The molecule has 0 aromatic heterocycles. The van der Waals surface area contributed by atoms with Crippen molar-refractivity contribution in [3.8, 4) is 11.5 Å². The van der Waals surface area contributed by atoms with Crippen molar-refractivity contribution in [2.24, 2.45) is 22.9 Å². The molecular formula is C41H63N3O8. The summed E-state index contributed by atoms with van der Waals surface area (Å²) in [6, 6.07) is 5.52.